The van der Waals surface area contributed by atoms with E-state index in [-0.39, 0.29) is 15.6 Å². The zero-order chi connectivity index (χ0) is 15.8. The number of rotatable bonds is 3. The number of nitrogens with one attached hydrogen (secondary N) is 1. The van der Waals surface area contributed by atoms with E-state index in [4.69, 9.17) is 28.9 Å². The van der Waals surface area contributed by atoms with Crippen molar-refractivity contribution in [3.8, 4) is 0 Å². The largest absolute Gasteiger partial charge is 0.398 e. The van der Waals surface area contributed by atoms with Crippen LogP contribution in [0.25, 0.3) is 0 Å². The summed E-state index contributed by atoms with van der Waals surface area (Å²) in [6, 6.07) is 7.52. The lowest BCUT2D eigenvalue weighted by Crippen LogP contribution is -2.14. The molecule has 7 heteroatoms. The Balaban J connectivity index is 2.43. The molecule has 0 spiro atoms. The lowest BCUT2D eigenvalue weighted by Gasteiger charge is -2.12. The van der Waals surface area contributed by atoms with Crippen LogP contribution in [-0.2, 0) is 10.0 Å². The summed E-state index contributed by atoms with van der Waals surface area (Å²) in [5.41, 5.74) is 8.18. The summed E-state index contributed by atoms with van der Waals surface area (Å²) in [5.74, 6) is 0. The second kappa shape index (κ2) is 5.75. The van der Waals surface area contributed by atoms with Gasteiger partial charge in [-0.05, 0) is 55.3 Å². The highest BCUT2D eigenvalue weighted by molar-refractivity contribution is 7.92. The highest BCUT2D eigenvalue weighted by Crippen LogP contribution is 2.29. The molecule has 0 unspecified atom stereocenters. The topological polar surface area (TPSA) is 72.2 Å². The molecule has 0 saturated heterocycles. The van der Waals surface area contributed by atoms with Gasteiger partial charge in [0.15, 0.2) is 0 Å². The van der Waals surface area contributed by atoms with E-state index in [9.17, 15) is 8.42 Å². The van der Waals surface area contributed by atoms with E-state index < -0.39 is 10.0 Å². The van der Waals surface area contributed by atoms with Gasteiger partial charge in [-0.3, -0.25) is 4.72 Å². The van der Waals surface area contributed by atoms with Crippen molar-refractivity contribution in [3.05, 3.63) is 51.5 Å². The molecule has 0 atom stereocenters. The standard InChI is InChI=1S/C14H14Cl2N2O2S/c1-8-5-11(7-13(17)9(8)2)21(19,20)18-14-4-3-10(15)6-12(14)16/h3-7,18H,17H2,1-2H3. The van der Waals surface area contributed by atoms with Gasteiger partial charge >= 0.3 is 0 Å². The Hall–Kier alpha value is -1.43. The van der Waals surface area contributed by atoms with E-state index in [1.807, 2.05) is 6.92 Å². The average molecular weight is 345 g/mol. The van der Waals surface area contributed by atoms with Crippen molar-refractivity contribution in [2.24, 2.45) is 0 Å². The fourth-order valence-corrected chi connectivity index (χ4v) is 3.49. The maximum absolute atomic E-state index is 12.4. The van der Waals surface area contributed by atoms with Crippen molar-refractivity contribution >= 4 is 44.6 Å². The Morgan fingerprint density at radius 1 is 1.10 bits per heavy atom. The van der Waals surface area contributed by atoms with Crippen LogP contribution in [0.5, 0.6) is 0 Å². The SMILES string of the molecule is Cc1cc(S(=O)(=O)Nc2ccc(Cl)cc2Cl)cc(N)c1C. The third-order valence-electron chi connectivity index (χ3n) is 3.17. The zero-order valence-electron chi connectivity index (χ0n) is 11.4. The van der Waals surface area contributed by atoms with Gasteiger partial charge in [-0.2, -0.15) is 0 Å². The second-order valence-corrected chi connectivity index (χ2v) is 7.21. The third-order valence-corrected chi connectivity index (χ3v) is 5.06. The van der Waals surface area contributed by atoms with Crippen LogP contribution in [0.15, 0.2) is 35.2 Å². The van der Waals surface area contributed by atoms with Crippen LogP contribution in [-0.4, -0.2) is 8.42 Å². The lowest BCUT2D eigenvalue weighted by atomic mass is 10.1. The molecule has 0 fully saturated rings. The minimum absolute atomic E-state index is 0.0918. The normalized spacial score (nSPS) is 11.4. The van der Waals surface area contributed by atoms with Crippen molar-refractivity contribution in [2.75, 3.05) is 10.5 Å². The Bertz CT molecular complexity index is 782. The molecule has 21 heavy (non-hydrogen) atoms. The molecule has 0 radical (unpaired) electrons. The number of hydrogen-bond acceptors (Lipinski definition) is 3. The molecule has 0 bridgehead atoms. The van der Waals surface area contributed by atoms with Gasteiger partial charge in [0.25, 0.3) is 10.0 Å². The molecular weight excluding hydrogens is 331 g/mol. The van der Waals surface area contributed by atoms with Gasteiger partial charge in [-0.25, -0.2) is 8.42 Å². The van der Waals surface area contributed by atoms with E-state index in [2.05, 4.69) is 4.72 Å². The van der Waals surface area contributed by atoms with E-state index in [0.717, 1.165) is 11.1 Å². The Morgan fingerprint density at radius 3 is 2.33 bits per heavy atom. The van der Waals surface area contributed by atoms with Crippen molar-refractivity contribution in [2.45, 2.75) is 18.7 Å². The van der Waals surface area contributed by atoms with Crippen LogP contribution in [0, 0.1) is 13.8 Å². The first-order valence-electron chi connectivity index (χ1n) is 6.05. The molecule has 2 aromatic carbocycles. The maximum Gasteiger partial charge on any atom is 0.262 e. The Morgan fingerprint density at radius 2 is 1.76 bits per heavy atom. The van der Waals surface area contributed by atoms with Crippen molar-refractivity contribution in [1.82, 2.24) is 0 Å². The zero-order valence-corrected chi connectivity index (χ0v) is 13.8. The minimum atomic E-state index is -3.77. The van der Waals surface area contributed by atoms with Gasteiger partial charge in [-0.15, -0.1) is 0 Å². The summed E-state index contributed by atoms with van der Waals surface area (Å²) in [6.45, 7) is 3.64. The summed E-state index contributed by atoms with van der Waals surface area (Å²) in [4.78, 5) is 0.0918. The van der Waals surface area contributed by atoms with Gasteiger partial charge in [0.2, 0.25) is 0 Å². The average Bonchev–Trinajstić information content (AvgIpc) is 2.38. The van der Waals surface area contributed by atoms with Crippen molar-refractivity contribution in [3.63, 3.8) is 0 Å². The fraction of sp³-hybridized carbons (Fsp3) is 0.143. The van der Waals surface area contributed by atoms with Crippen LogP contribution < -0.4 is 10.5 Å². The van der Waals surface area contributed by atoms with Crippen LogP contribution >= 0.6 is 23.2 Å². The molecule has 0 aliphatic heterocycles. The maximum atomic E-state index is 12.4. The van der Waals surface area contributed by atoms with Crippen LogP contribution in [0.2, 0.25) is 10.0 Å². The number of benzene rings is 2. The second-order valence-electron chi connectivity index (χ2n) is 4.68. The molecule has 4 nitrogen and oxygen atoms in total. The fourth-order valence-electron chi connectivity index (χ4n) is 1.78. The van der Waals surface area contributed by atoms with E-state index in [1.165, 1.54) is 18.2 Å². The van der Waals surface area contributed by atoms with Gasteiger partial charge < -0.3 is 5.73 Å². The molecule has 0 aliphatic rings. The summed E-state index contributed by atoms with van der Waals surface area (Å²) >= 11 is 11.8. The molecule has 0 saturated carbocycles. The quantitative estimate of drug-likeness (QED) is 0.826. The lowest BCUT2D eigenvalue weighted by molar-refractivity contribution is 0.601. The summed E-state index contributed by atoms with van der Waals surface area (Å²) in [7, 11) is -3.77. The molecule has 0 amide bonds. The van der Waals surface area contributed by atoms with E-state index in [1.54, 1.807) is 19.1 Å². The van der Waals surface area contributed by atoms with Crippen LogP contribution in [0.3, 0.4) is 0 Å². The van der Waals surface area contributed by atoms with Gasteiger partial charge in [-0.1, -0.05) is 23.2 Å². The summed E-state index contributed by atoms with van der Waals surface area (Å²) in [6.07, 6.45) is 0. The predicted molar refractivity (Wildman–Crippen MR) is 87.6 cm³/mol. The van der Waals surface area contributed by atoms with Gasteiger partial charge in [0.05, 0.1) is 15.6 Å². The van der Waals surface area contributed by atoms with Crippen LogP contribution in [0.1, 0.15) is 11.1 Å². The number of nitrogen functional groups attached to an aromatic ring is 1. The molecule has 2 aromatic rings. The summed E-state index contributed by atoms with van der Waals surface area (Å²) < 4.78 is 27.2. The number of anilines is 2. The molecule has 3 N–H and O–H groups in total. The molecule has 2 rings (SSSR count). The smallest absolute Gasteiger partial charge is 0.262 e. The van der Waals surface area contributed by atoms with Gasteiger partial charge in [0, 0.05) is 10.7 Å². The first kappa shape index (κ1) is 15.9. The first-order chi connectivity index (χ1) is 9.70. The highest BCUT2D eigenvalue weighted by atomic mass is 35.5. The molecule has 0 aliphatic carbocycles. The molecule has 112 valence electrons. The number of aryl methyl sites for hydroxylation is 1. The van der Waals surface area contributed by atoms with Gasteiger partial charge in [0.1, 0.15) is 0 Å². The number of sulfonamides is 1. The minimum Gasteiger partial charge on any atom is -0.398 e. The molecular formula is C14H14Cl2N2O2S. The monoisotopic (exact) mass is 344 g/mol. The molecule has 0 heterocycles. The predicted octanol–water partition coefficient (Wildman–Crippen LogP) is 3.99. The Kier molecular flexibility index (Phi) is 4.37. The van der Waals surface area contributed by atoms with Crippen LogP contribution in [0.4, 0.5) is 11.4 Å². The third kappa shape index (κ3) is 3.43. The van der Waals surface area contributed by atoms with Crippen molar-refractivity contribution < 1.29 is 8.42 Å². The summed E-state index contributed by atoms with van der Waals surface area (Å²) in [5, 5.41) is 0.654. The van der Waals surface area contributed by atoms with E-state index in [0.29, 0.717) is 10.7 Å². The molecule has 0 aromatic heterocycles. The first-order valence-corrected chi connectivity index (χ1v) is 8.29. The Labute approximate surface area is 133 Å². The number of nitrogens with two attached hydrogens (primary N) is 1. The van der Waals surface area contributed by atoms with E-state index >= 15 is 0 Å². The number of hydrogen-bond donors (Lipinski definition) is 2. The highest BCUT2D eigenvalue weighted by Gasteiger charge is 2.17. The van der Waals surface area contributed by atoms with Crippen molar-refractivity contribution in [1.29, 1.82) is 0 Å². The number of halogens is 2.